The van der Waals surface area contributed by atoms with Gasteiger partial charge in [0.05, 0.1) is 47.1 Å². The average molecular weight is 495 g/mol. The predicted octanol–water partition coefficient (Wildman–Crippen LogP) is 5.30. The first kappa shape index (κ1) is 22.6. The molecule has 6 heterocycles. The van der Waals surface area contributed by atoms with Gasteiger partial charge in [0.1, 0.15) is 5.82 Å². The molecule has 0 aromatic carbocycles. The lowest BCUT2D eigenvalue weighted by molar-refractivity contribution is -0.165. The highest BCUT2D eigenvalue weighted by Crippen LogP contribution is 2.46. The van der Waals surface area contributed by atoms with Crippen molar-refractivity contribution in [3.8, 4) is 16.5 Å². The fourth-order valence-corrected chi connectivity index (χ4v) is 5.98. The normalized spacial score (nSPS) is 23.7. The van der Waals surface area contributed by atoms with E-state index < -0.39 is 0 Å². The molecule has 182 valence electrons. The number of nitrogens with zero attached hydrogens (tertiary/aromatic N) is 3. The van der Waals surface area contributed by atoms with E-state index in [1.807, 2.05) is 29.6 Å². The fourth-order valence-electron chi connectivity index (χ4n) is 5.30. The lowest BCUT2D eigenvalue weighted by Gasteiger charge is -2.53. The van der Waals surface area contributed by atoms with Gasteiger partial charge in [-0.25, -0.2) is 9.37 Å². The van der Waals surface area contributed by atoms with Crippen LogP contribution in [0.2, 0.25) is 0 Å². The Hall–Kier alpha value is -2.88. The average Bonchev–Trinajstić information content (AvgIpc) is 3.60. The third-order valence-electron chi connectivity index (χ3n) is 7.52. The zero-order valence-electron chi connectivity index (χ0n) is 19.6. The van der Waals surface area contributed by atoms with Gasteiger partial charge in [0.2, 0.25) is 5.88 Å². The van der Waals surface area contributed by atoms with E-state index in [0.29, 0.717) is 42.0 Å². The Morgan fingerprint density at radius 1 is 1.20 bits per heavy atom. The Balaban J connectivity index is 1.10. The largest absolute Gasteiger partial charge is 0.481 e. The molecular weight excluding hydrogens is 467 g/mol. The highest BCUT2D eigenvalue weighted by Gasteiger charge is 2.49. The summed E-state index contributed by atoms with van der Waals surface area (Å²) in [5.41, 5.74) is 2.45. The Morgan fingerprint density at radius 3 is 2.83 bits per heavy atom. The van der Waals surface area contributed by atoms with Crippen LogP contribution in [-0.2, 0) is 17.7 Å². The molecule has 3 aliphatic rings. The standard InChI is InChI=1S/C26H27FN4O3S/c1-32-23-5-4-20-24(30-23)18(19(27)15-28-20)6-7-26-10-8-25(9-11-26,16-33-26)29-14-17-13-21(34-31-17)22-3-2-12-35-22/h2-5,12-13,15,29H,6-11,14,16H2,1H3. The van der Waals surface area contributed by atoms with Crippen molar-refractivity contribution < 1.29 is 18.4 Å². The minimum absolute atomic E-state index is 0.0483. The van der Waals surface area contributed by atoms with Gasteiger partial charge in [0, 0.05) is 29.8 Å². The number of rotatable bonds is 8. The molecule has 9 heteroatoms. The van der Waals surface area contributed by atoms with Crippen LogP contribution in [0.3, 0.4) is 0 Å². The topological polar surface area (TPSA) is 82.3 Å². The Labute approximate surface area is 206 Å². The van der Waals surface area contributed by atoms with Gasteiger partial charge in [0.15, 0.2) is 5.76 Å². The number of aryl methyl sites for hydroxylation is 1. The fraction of sp³-hybridized carbons (Fsp3) is 0.423. The van der Waals surface area contributed by atoms with Gasteiger partial charge in [0.25, 0.3) is 0 Å². The Morgan fingerprint density at radius 2 is 2.09 bits per heavy atom. The molecule has 3 fully saturated rings. The first-order chi connectivity index (χ1) is 17.1. The summed E-state index contributed by atoms with van der Waals surface area (Å²) in [6.07, 6.45) is 6.53. The van der Waals surface area contributed by atoms with Gasteiger partial charge >= 0.3 is 0 Å². The highest BCUT2D eigenvalue weighted by atomic mass is 32.1. The molecule has 0 spiro atoms. The summed E-state index contributed by atoms with van der Waals surface area (Å²) in [6, 6.07) is 9.60. The lowest BCUT2D eigenvalue weighted by Crippen LogP contribution is -2.61. The Bertz CT molecular complexity index is 1320. The first-order valence-electron chi connectivity index (χ1n) is 11.9. The number of aromatic nitrogens is 3. The molecule has 7 nitrogen and oxygen atoms in total. The molecule has 4 aromatic rings. The monoisotopic (exact) mass is 494 g/mol. The van der Waals surface area contributed by atoms with Gasteiger partial charge in [-0.3, -0.25) is 4.98 Å². The SMILES string of the molecule is COc1ccc2ncc(F)c(CCC34CCC(NCc5cc(-c6cccs6)on5)(CC3)CO4)c2n1. The molecular formula is C26H27FN4O3S. The van der Waals surface area contributed by atoms with Crippen molar-refractivity contribution in [1.82, 2.24) is 20.4 Å². The number of methoxy groups -OCH3 is 1. The highest BCUT2D eigenvalue weighted by molar-refractivity contribution is 7.13. The van der Waals surface area contributed by atoms with E-state index in [9.17, 15) is 4.39 Å². The maximum absolute atomic E-state index is 14.8. The van der Waals surface area contributed by atoms with E-state index in [-0.39, 0.29) is 17.0 Å². The molecule has 0 amide bonds. The molecule has 1 N–H and O–H groups in total. The number of halogens is 1. The van der Waals surface area contributed by atoms with Crippen LogP contribution >= 0.6 is 11.3 Å². The van der Waals surface area contributed by atoms with Gasteiger partial charge in [-0.1, -0.05) is 11.2 Å². The van der Waals surface area contributed by atoms with Crippen molar-refractivity contribution in [3.63, 3.8) is 0 Å². The molecule has 7 rings (SSSR count). The molecule has 2 bridgehead atoms. The number of nitrogens with one attached hydrogen (secondary N) is 1. The summed E-state index contributed by atoms with van der Waals surface area (Å²) >= 11 is 1.64. The second-order valence-corrected chi connectivity index (χ2v) is 10.5. The number of fused-ring (bicyclic) bond motifs is 4. The van der Waals surface area contributed by atoms with Crippen molar-refractivity contribution in [3.05, 3.63) is 59.0 Å². The maximum Gasteiger partial charge on any atom is 0.213 e. The third-order valence-corrected chi connectivity index (χ3v) is 8.40. The van der Waals surface area contributed by atoms with E-state index >= 15 is 0 Å². The van der Waals surface area contributed by atoms with Gasteiger partial charge in [-0.05, 0) is 56.0 Å². The van der Waals surface area contributed by atoms with Crippen LogP contribution in [0.5, 0.6) is 5.88 Å². The first-order valence-corrected chi connectivity index (χ1v) is 12.8. The summed E-state index contributed by atoms with van der Waals surface area (Å²) < 4.78 is 32.0. The molecule has 2 aliphatic heterocycles. The Kier molecular flexibility index (Phi) is 5.78. The van der Waals surface area contributed by atoms with Crippen LogP contribution in [0.4, 0.5) is 4.39 Å². The maximum atomic E-state index is 14.8. The van der Waals surface area contributed by atoms with E-state index in [2.05, 4.69) is 20.4 Å². The van der Waals surface area contributed by atoms with Crippen molar-refractivity contribution in [1.29, 1.82) is 0 Å². The molecule has 0 unspecified atom stereocenters. The smallest absolute Gasteiger partial charge is 0.213 e. The van der Waals surface area contributed by atoms with Crippen LogP contribution in [0.25, 0.3) is 21.7 Å². The molecule has 35 heavy (non-hydrogen) atoms. The molecule has 2 saturated heterocycles. The van der Waals surface area contributed by atoms with Crippen molar-refractivity contribution in [2.45, 2.75) is 56.2 Å². The predicted molar refractivity (Wildman–Crippen MR) is 131 cm³/mol. The van der Waals surface area contributed by atoms with E-state index in [1.54, 1.807) is 24.5 Å². The number of thiophene rings is 1. The van der Waals surface area contributed by atoms with Crippen molar-refractivity contribution >= 4 is 22.4 Å². The second kappa shape index (κ2) is 8.96. The van der Waals surface area contributed by atoms with Crippen LogP contribution in [0.1, 0.15) is 43.4 Å². The van der Waals surface area contributed by atoms with Gasteiger partial charge in [-0.2, -0.15) is 0 Å². The number of hydrogen-bond donors (Lipinski definition) is 1. The number of hydrogen-bond acceptors (Lipinski definition) is 8. The van der Waals surface area contributed by atoms with Crippen LogP contribution in [-0.4, -0.2) is 40.0 Å². The minimum atomic E-state index is -0.327. The molecule has 0 radical (unpaired) electrons. The lowest BCUT2D eigenvalue weighted by atomic mass is 9.69. The van der Waals surface area contributed by atoms with Crippen molar-refractivity contribution in [2.75, 3.05) is 13.7 Å². The van der Waals surface area contributed by atoms with Crippen LogP contribution < -0.4 is 10.1 Å². The van der Waals surface area contributed by atoms with E-state index in [1.165, 1.54) is 6.20 Å². The van der Waals surface area contributed by atoms with Gasteiger partial charge in [-0.15, -0.1) is 11.3 Å². The second-order valence-electron chi connectivity index (χ2n) is 9.57. The minimum Gasteiger partial charge on any atom is -0.481 e. The summed E-state index contributed by atoms with van der Waals surface area (Å²) in [5, 5.41) is 9.96. The third kappa shape index (κ3) is 4.32. The number of ether oxygens (including phenoxy) is 2. The summed E-state index contributed by atoms with van der Waals surface area (Å²) in [6.45, 7) is 1.29. The summed E-state index contributed by atoms with van der Waals surface area (Å²) in [5.74, 6) is 0.938. The number of pyridine rings is 2. The quantitative estimate of drug-likeness (QED) is 0.356. The molecule has 0 atom stereocenters. The molecule has 4 aromatic heterocycles. The van der Waals surface area contributed by atoms with Gasteiger partial charge < -0.3 is 19.3 Å². The zero-order chi connectivity index (χ0) is 23.9. The van der Waals surface area contributed by atoms with E-state index in [0.717, 1.165) is 48.4 Å². The summed E-state index contributed by atoms with van der Waals surface area (Å²) in [7, 11) is 1.56. The molecule has 1 saturated carbocycles. The van der Waals surface area contributed by atoms with Crippen LogP contribution in [0.15, 0.2) is 46.4 Å². The zero-order valence-corrected chi connectivity index (χ0v) is 20.4. The molecule has 1 aliphatic carbocycles. The summed E-state index contributed by atoms with van der Waals surface area (Å²) in [4.78, 5) is 9.73. The van der Waals surface area contributed by atoms with E-state index in [4.69, 9.17) is 14.0 Å². The van der Waals surface area contributed by atoms with Crippen molar-refractivity contribution in [2.24, 2.45) is 0 Å². The van der Waals surface area contributed by atoms with Crippen LogP contribution in [0, 0.1) is 5.82 Å².